The number of aryl methyl sites for hydroxylation is 1. The molecule has 0 aliphatic carbocycles. The van der Waals surface area contributed by atoms with E-state index in [1.807, 2.05) is 0 Å². The number of rotatable bonds is 4. The topological polar surface area (TPSA) is 93.3 Å². The second-order valence-electron chi connectivity index (χ2n) is 4.39. The van der Waals surface area contributed by atoms with Crippen molar-refractivity contribution in [3.8, 4) is 0 Å². The summed E-state index contributed by atoms with van der Waals surface area (Å²) in [7, 11) is 1.61. The van der Waals surface area contributed by atoms with Gasteiger partial charge in [0, 0.05) is 38.7 Å². The fraction of sp³-hybridized carbons (Fsp3) is 0.308. The van der Waals surface area contributed by atoms with E-state index in [2.05, 4.69) is 10.6 Å². The fourth-order valence-electron chi connectivity index (χ4n) is 1.79. The summed E-state index contributed by atoms with van der Waals surface area (Å²) in [5, 5.41) is 5.21. The molecule has 7 nitrogen and oxygen atoms in total. The summed E-state index contributed by atoms with van der Waals surface area (Å²) in [5.41, 5.74) is 1.61. The highest BCUT2D eigenvalue weighted by Gasteiger charge is 2.08. The summed E-state index contributed by atoms with van der Waals surface area (Å²) in [6.07, 6.45) is 0.177. The number of nitrogens with zero attached hydrogens (tertiary/aromatic N) is 1. The molecule has 2 N–H and O–H groups in total. The molecule has 106 valence electrons. The van der Waals surface area contributed by atoms with Crippen LogP contribution in [-0.2, 0) is 16.6 Å². The largest absolute Gasteiger partial charge is 0.419 e. The molecule has 0 saturated heterocycles. The van der Waals surface area contributed by atoms with E-state index in [9.17, 15) is 14.4 Å². The molecule has 0 unspecified atom stereocenters. The Morgan fingerprint density at radius 2 is 2.10 bits per heavy atom. The Morgan fingerprint density at radius 1 is 1.35 bits per heavy atom. The van der Waals surface area contributed by atoms with E-state index in [4.69, 9.17) is 4.42 Å². The van der Waals surface area contributed by atoms with Crippen LogP contribution in [-0.4, -0.2) is 22.9 Å². The Labute approximate surface area is 114 Å². The summed E-state index contributed by atoms with van der Waals surface area (Å²) < 4.78 is 6.42. The number of anilines is 1. The summed E-state index contributed by atoms with van der Waals surface area (Å²) in [6, 6.07) is 4.98. The highest BCUT2D eigenvalue weighted by Crippen LogP contribution is 2.17. The second-order valence-corrected chi connectivity index (χ2v) is 4.39. The number of hydrogen-bond acceptors (Lipinski definition) is 4. The maximum absolute atomic E-state index is 11.6. The number of oxazole rings is 1. The van der Waals surface area contributed by atoms with Gasteiger partial charge in [0.1, 0.15) is 0 Å². The SMILES string of the molecule is CC(=O)NCCC(=O)Nc1ccc2c(c1)oc(=O)n2C. The summed E-state index contributed by atoms with van der Waals surface area (Å²) in [5.74, 6) is -0.851. The summed E-state index contributed by atoms with van der Waals surface area (Å²) in [6.45, 7) is 1.67. The first-order chi connectivity index (χ1) is 9.47. The normalized spacial score (nSPS) is 10.5. The molecule has 7 heteroatoms. The first kappa shape index (κ1) is 13.9. The molecule has 0 aliphatic rings. The zero-order chi connectivity index (χ0) is 14.7. The Morgan fingerprint density at radius 3 is 2.80 bits per heavy atom. The third kappa shape index (κ3) is 3.05. The quantitative estimate of drug-likeness (QED) is 0.855. The van der Waals surface area contributed by atoms with Crippen molar-refractivity contribution in [3.63, 3.8) is 0 Å². The minimum Gasteiger partial charge on any atom is -0.408 e. The number of amides is 2. The average molecular weight is 277 g/mol. The van der Waals surface area contributed by atoms with Crippen LogP contribution in [0.15, 0.2) is 27.4 Å². The lowest BCUT2D eigenvalue weighted by Gasteiger charge is -2.05. The average Bonchev–Trinajstić information content (AvgIpc) is 2.64. The Bertz CT molecular complexity index is 714. The van der Waals surface area contributed by atoms with E-state index in [0.717, 1.165) is 0 Å². The van der Waals surface area contributed by atoms with Crippen LogP contribution < -0.4 is 16.4 Å². The first-order valence-electron chi connectivity index (χ1n) is 6.11. The minimum atomic E-state index is -0.450. The molecule has 0 aliphatic heterocycles. The van der Waals surface area contributed by atoms with Crippen molar-refractivity contribution < 1.29 is 14.0 Å². The Kier molecular flexibility index (Phi) is 3.88. The Hall–Kier alpha value is -2.57. The third-order valence-corrected chi connectivity index (χ3v) is 2.80. The van der Waals surface area contributed by atoms with E-state index in [1.54, 1.807) is 25.2 Å². The van der Waals surface area contributed by atoms with Crippen LogP contribution in [0.4, 0.5) is 5.69 Å². The van der Waals surface area contributed by atoms with Gasteiger partial charge in [-0.1, -0.05) is 0 Å². The molecule has 0 bridgehead atoms. The van der Waals surface area contributed by atoms with Gasteiger partial charge in [-0.25, -0.2) is 4.79 Å². The van der Waals surface area contributed by atoms with E-state index in [1.165, 1.54) is 11.5 Å². The van der Waals surface area contributed by atoms with Crippen molar-refractivity contribution in [2.45, 2.75) is 13.3 Å². The fourth-order valence-corrected chi connectivity index (χ4v) is 1.79. The highest BCUT2D eigenvalue weighted by atomic mass is 16.4. The second kappa shape index (κ2) is 5.60. The van der Waals surface area contributed by atoms with E-state index >= 15 is 0 Å². The zero-order valence-corrected chi connectivity index (χ0v) is 11.2. The van der Waals surface area contributed by atoms with Gasteiger partial charge in [0.25, 0.3) is 0 Å². The van der Waals surface area contributed by atoms with Crippen LogP contribution in [0.2, 0.25) is 0 Å². The number of benzene rings is 1. The van der Waals surface area contributed by atoms with Crippen LogP contribution in [0.5, 0.6) is 0 Å². The van der Waals surface area contributed by atoms with Gasteiger partial charge in [-0.2, -0.15) is 0 Å². The molecular formula is C13H15N3O4. The molecule has 2 aromatic rings. The first-order valence-corrected chi connectivity index (χ1v) is 6.11. The van der Waals surface area contributed by atoms with Crippen molar-refractivity contribution in [1.29, 1.82) is 0 Å². The highest BCUT2D eigenvalue weighted by molar-refractivity contribution is 5.93. The lowest BCUT2D eigenvalue weighted by molar-refractivity contribution is -0.119. The van der Waals surface area contributed by atoms with Gasteiger partial charge in [-0.15, -0.1) is 0 Å². The Balaban J connectivity index is 2.04. The van der Waals surface area contributed by atoms with E-state index in [0.29, 0.717) is 16.8 Å². The number of carbonyl (C=O) groups excluding carboxylic acids is 2. The monoisotopic (exact) mass is 277 g/mol. The molecule has 0 saturated carbocycles. The lowest BCUT2D eigenvalue weighted by Crippen LogP contribution is -2.25. The molecule has 2 rings (SSSR count). The third-order valence-electron chi connectivity index (χ3n) is 2.80. The number of carbonyl (C=O) groups is 2. The van der Waals surface area contributed by atoms with Crippen LogP contribution >= 0.6 is 0 Å². The number of fused-ring (bicyclic) bond motifs is 1. The molecule has 20 heavy (non-hydrogen) atoms. The molecule has 0 radical (unpaired) electrons. The maximum Gasteiger partial charge on any atom is 0.419 e. The minimum absolute atomic E-state index is 0.176. The summed E-state index contributed by atoms with van der Waals surface area (Å²) in [4.78, 5) is 33.7. The van der Waals surface area contributed by atoms with Gasteiger partial charge < -0.3 is 15.1 Å². The van der Waals surface area contributed by atoms with Crippen LogP contribution in [0.1, 0.15) is 13.3 Å². The van der Waals surface area contributed by atoms with Gasteiger partial charge in [0.15, 0.2) is 5.58 Å². The predicted octanol–water partition coefficient (Wildman–Crippen LogP) is 0.596. The van der Waals surface area contributed by atoms with Gasteiger partial charge in [0.05, 0.1) is 5.52 Å². The van der Waals surface area contributed by atoms with Crippen molar-refractivity contribution in [2.24, 2.45) is 7.05 Å². The molecule has 1 aromatic heterocycles. The molecule has 1 aromatic carbocycles. The van der Waals surface area contributed by atoms with Crippen LogP contribution in [0, 0.1) is 0 Å². The molecule has 0 atom stereocenters. The van der Waals surface area contributed by atoms with Crippen molar-refractivity contribution >= 4 is 28.6 Å². The van der Waals surface area contributed by atoms with Gasteiger partial charge in [0.2, 0.25) is 11.8 Å². The van der Waals surface area contributed by atoms with Crippen molar-refractivity contribution in [2.75, 3.05) is 11.9 Å². The maximum atomic E-state index is 11.6. The number of hydrogen-bond donors (Lipinski definition) is 2. The van der Waals surface area contributed by atoms with Crippen molar-refractivity contribution in [1.82, 2.24) is 9.88 Å². The number of nitrogens with one attached hydrogen (secondary N) is 2. The van der Waals surface area contributed by atoms with E-state index in [-0.39, 0.29) is 24.8 Å². The van der Waals surface area contributed by atoms with Gasteiger partial charge >= 0.3 is 5.76 Å². The molecule has 0 spiro atoms. The van der Waals surface area contributed by atoms with Gasteiger partial charge in [-0.05, 0) is 12.1 Å². The smallest absolute Gasteiger partial charge is 0.408 e. The standard InChI is InChI=1S/C13H15N3O4/c1-8(17)14-6-5-12(18)15-9-3-4-10-11(7-9)20-13(19)16(10)2/h3-4,7H,5-6H2,1-2H3,(H,14,17)(H,15,18). The predicted molar refractivity (Wildman–Crippen MR) is 73.4 cm³/mol. The van der Waals surface area contributed by atoms with Gasteiger partial charge in [-0.3, -0.25) is 14.2 Å². The van der Waals surface area contributed by atoms with Crippen LogP contribution in [0.3, 0.4) is 0 Å². The summed E-state index contributed by atoms with van der Waals surface area (Å²) >= 11 is 0. The lowest BCUT2D eigenvalue weighted by atomic mass is 10.2. The molecule has 1 heterocycles. The van der Waals surface area contributed by atoms with Crippen molar-refractivity contribution in [3.05, 3.63) is 28.7 Å². The molecule has 0 fully saturated rings. The number of aromatic nitrogens is 1. The molecular weight excluding hydrogens is 262 g/mol. The molecule has 2 amide bonds. The van der Waals surface area contributed by atoms with E-state index < -0.39 is 5.76 Å². The van der Waals surface area contributed by atoms with Crippen LogP contribution in [0.25, 0.3) is 11.1 Å². The zero-order valence-electron chi connectivity index (χ0n) is 11.2.